The summed E-state index contributed by atoms with van der Waals surface area (Å²) in [4.78, 5) is 7.02. The number of thioether (sulfide) groups is 1. The van der Waals surface area contributed by atoms with E-state index in [-0.39, 0.29) is 10.6 Å². The van der Waals surface area contributed by atoms with Crippen molar-refractivity contribution in [2.75, 3.05) is 16.2 Å². The molecule has 2 heterocycles. The highest BCUT2D eigenvalue weighted by molar-refractivity contribution is 8.13. The monoisotopic (exact) mass is 506 g/mol. The second-order valence-corrected chi connectivity index (χ2v) is 9.71. The number of para-hydroxylation sites is 3. The number of hydrogen-bond acceptors (Lipinski definition) is 7. The van der Waals surface area contributed by atoms with Crippen LogP contribution >= 0.6 is 11.8 Å². The lowest BCUT2D eigenvalue weighted by Crippen LogP contribution is -2.53. The largest absolute Gasteiger partial charge is 0.612 e. The van der Waals surface area contributed by atoms with Crippen LogP contribution in [0.1, 0.15) is 12.0 Å². The fourth-order valence-corrected chi connectivity index (χ4v) is 5.65. The minimum Gasteiger partial charge on any atom is -0.612 e. The van der Waals surface area contributed by atoms with Crippen molar-refractivity contribution in [2.24, 2.45) is 4.99 Å². The molecule has 8 heteroatoms. The molecule has 1 atom stereocenters. The summed E-state index contributed by atoms with van der Waals surface area (Å²) in [5, 5.41) is 25.9. The standard InChI is InChI=1S/C29H24N5O2S/c1-37-27-20-29(22-10-4-2-5-11-22)32(26-15-9-8-14-25(26)30-27)28(21-16-18-24(19-17-21)34(35)36)31-33(29)23-12-6-3-7-13-23/h2-19,31H,20H2,1H3/q-1. The summed E-state index contributed by atoms with van der Waals surface area (Å²) in [5.74, 6) is 0.826. The van der Waals surface area contributed by atoms with Crippen LogP contribution in [-0.4, -0.2) is 21.9 Å². The molecule has 1 aliphatic carbocycles. The van der Waals surface area contributed by atoms with Crippen molar-refractivity contribution in [3.05, 3.63) is 137 Å². The molecule has 6 rings (SSSR count). The lowest BCUT2D eigenvalue weighted by atomic mass is 9.92. The smallest absolute Gasteiger partial charge is 0.222 e. The number of anilines is 2. The van der Waals surface area contributed by atoms with Crippen molar-refractivity contribution < 1.29 is 4.90 Å². The van der Waals surface area contributed by atoms with Crippen LogP contribution < -0.4 is 15.3 Å². The van der Waals surface area contributed by atoms with E-state index in [1.165, 1.54) is 0 Å². The SMILES string of the molecule is CSC1=Nc2ccccc2N2C(=C3C=CC(=[N+]([O-])[O-])C=C3)NN(c3ccccc3)C2(c2ccccc2)C1. The molecule has 0 aromatic heterocycles. The van der Waals surface area contributed by atoms with Crippen LogP contribution in [0.15, 0.2) is 126 Å². The van der Waals surface area contributed by atoms with Gasteiger partial charge in [-0.2, -0.15) is 4.90 Å². The maximum Gasteiger partial charge on any atom is 0.222 e. The number of hydrazine groups is 1. The summed E-state index contributed by atoms with van der Waals surface area (Å²) in [6.45, 7) is 0. The zero-order valence-corrected chi connectivity index (χ0v) is 20.9. The van der Waals surface area contributed by atoms with Crippen LogP contribution in [0.3, 0.4) is 0 Å². The number of nitrogens with zero attached hydrogens (tertiary/aromatic N) is 4. The van der Waals surface area contributed by atoms with Gasteiger partial charge < -0.3 is 10.4 Å². The second kappa shape index (κ2) is 9.22. The molecule has 0 saturated carbocycles. The van der Waals surface area contributed by atoms with E-state index < -0.39 is 5.66 Å². The van der Waals surface area contributed by atoms with E-state index in [0.717, 1.165) is 39.1 Å². The van der Waals surface area contributed by atoms with Gasteiger partial charge in [-0.1, -0.05) is 60.7 Å². The number of aliphatic imine (C=N–C) groups is 1. The lowest BCUT2D eigenvalue weighted by molar-refractivity contribution is -0.377. The van der Waals surface area contributed by atoms with Crippen LogP contribution in [0, 0.1) is 10.4 Å². The highest BCUT2D eigenvalue weighted by atomic mass is 32.2. The number of benzene rings is 3. The van der Waals surface area contributed by atoms with Crippen LogP contribution in [0.5, 0.6) is 0 Å². The van der Waals surface area contributed by atoms with E-state index in [4.69, 9.17) is 4.99 Å². The normalized spacial score (nSPS) is 20.2. The predicted molar refractivity (Wildman–Crippen MR) is 152 cm³/mol. The van der Waals surface area contributed by atoms with E-state index in [1.54, 1.807) is 36.1 Å². The van der Waals surface area contributed by atoms with Gasteiger partial charge in [0.1, 0.15) is 5.82 Å². The van der Waals surface area contributed by atoms with Crippen molar-refractivity contribution >= 4 is 39.6 Å². The van der Waals surface area contributed by atoms with E-state index in [0.29, 0.717) is 6.42 Å². The topological polar surface area (TPSA) is 80.0 Å². The molecule has 184 valence electrons. The Balaban J connectivity index is 1.68. The fraction of sp³-hybridized carbons (Fsp3) is 0.103. The van der Waals surface area contributed by atoms with Gasteiger partial charge in [-0.25, -0.2) is 4.99 Å². The third kappa shape index (κ3) is 3.77. The van der Waals surface area contributed by atoms with Crippen LogP contribution in [-0.2, 0) is 5.66 Å². The minimum atomic E-state index is -0.700. The Morgan fingerprint density at radius 3 is 2.19 bits per heavy atom. The molecule has 1 N–H and O–H groups in total. The summed E-state index contributed by atoms with van der Waals surface area (Å²) < 4.78 is 0. The molecule has 0 amide bonds. The molecule has 3 aliphatic rings. The molecular weight excluding hydrogens is 482 g/mol. The van der Waals surface area contributed by atoms with Crippen molar-refractivity contribution in [3.63, 3.8) is 0 Å². The Hall–Kier alpha value is -4.43. The molecule has 0 spiro atoms. The average Bonchev–Trinajstić information content (AvgIpc) is 3.21. The summed E-state index contributed by atoms with van der Waals surface area (Å²) in [6, 6.07) is 28.8. The van der Waals surface area contributed by atoms with Gasteiger partial charge in [0, 0.05) is 29.7 Å². The third-order valence-corrected chi connectivity index (χ3v) is 7.49. The first-order valence-electron chi connectivity index (χ1n) is 11.9. The Labute approximate surface area is 219 Å². The van der Waals surface area contributed by atoms with Crippen molar-refractivity contribution in [1.29, 1.82) is 0 Å². The molecule has 3 aromatic rings. The minimum absolute atomic E-state index is 0.0563. The number of allylic oxidation sites excluding steroid dienone is 5. The molecule has 0 radical (unpaired) electrons. The van der Waals surface area contributed by atoms with Gasteiger partial charge in [0.25, 0.3) is 0 Å². The van der Waals surface area contributed by atoms with E-state index in [2.05, 4.69) is 64.1 Å². The summed E-state index contributed by atoms with van der Waals surface area (Å²) in [6.07, 6.45) is 9.38. The average molecular weight is 507 g/mol. The van der Waals surface area contributed by atoms with Crippen LogP contribution in [0.2, 0.25) is 0 Å². The Morgan fingerprint density at radius 2 is 1.51 bits per heavy atom. The van der Waals surface area contributed by atoms with Gasteiger partial charge in [0.2, 0.25) is 5.71 Å². The van der Waals surface area contributed by atoms with Crippen molar-refractivity contribution in [1.82, 2.24) is 5.43 Å². The number of nitrogens with one attached hydrogen (secondary N) is 1. The van der Waals surface area contributed by atoms with Gasteiger partial charge in [-0.3, -0.25) is 15.3 Å². The van der Waals surface area contributed by atoms with Crippen LogP contribution in [0.25, 0.3) is 0 Å². The summed E-state index contributed by atoms with van der Waals surface area (Å²) >= 11 is 1.65. The molecule has 1 saturated heterocycles. The first kappa shape index (κ1) is 23.0. The van der Waals surface area contributed by atoms with E-state index >= 15 is 0 Å². The number of hydrogen-bond donors (Lipinski definition) is 1. The van der Waals surface area contributed by atoms with E-state index in [9.17, 15) is 10.4 Å². The van der Waals surface area contributed by atoms with E-state index in [1.807, 2.05) is 42.5 Å². The second-order valence-electron chi connectivity index (χ2n) is 8.83. The summed E-state index contributed by atoms with van der Waals surface area (Å²) in [5.41, 5.74) is 7.83. The quantitative estimate of drug-likeness (QED) is 0.342. The third-order valence-electron chi connectivity index (χ3n) is 6.78. The van der Waals surface area contributed by atoms with Gasteiger partial charge >= 0.3 is 0 Å². The van der Waals surface area contributed by atoms with Gasteiger partial charge in [-0.05, 0) is 42.7 Å². The molecular formula is C29H24N5O2S-. The zero-order chi connectivity index (χ0) is 25.4. The molecule has 1 fully saturated rings. The zero-order valence-electron chi connectivity index (χ0n) is 20.1. The van der Waals surface area contributed by atoms with Gasteiger partial charge in [-0.15, -0.1) is 11.8 Å². The Morgan fingerprint density at radius 1 is 0.865 bits per heavy atom. The molecule has 37 heavy (non-hydrogen) atoms. The Bertz CT molecular complexity index is 1470. The number of rotatable bonds is 2. The highest BCUT2D eigenvalue weighted by Gasteiger charge is 2.54. The lowest BCUT2D eigenvalue weighted by Gasteiger charge is -2.43. The van der Waals surface area contributed by atoms with Gasteiger partial charge in [0.05, 0.1) is 22.1 Å². The highest BCUT2D eigenvalue weighted by Crippen LogP contribution is 2.52. The molecule has 3 aromatic carbocycles. The molecule has 2 aliphatic heterocycles. The maximum atomic E-state index is 11.4. The van der Waals surface area contributed by atoms with Crippen molar-refractivity contribution in [2.45, 2.75) is 12.1 Å². The molecule has 1 unspecified atom stereocenters. The number of fused-ring (bicyclic) bond motifs is 3. The maximum absolute atomic E-state index is 11.4. The summed E-state index contributed by atoms with van der Waals surface area (Å²) in [7, 11) is 0. The first-order chi connectivity index (χ1) is 18.1. The Kier molecular flexibility index (Phi) is 5.73. The molecule has 0 bridgehead atoms. The molecule has 7 nitrogen and oxygen atoms in total. The van der Waals surface area contributed by atoms with Gasteiger partial charge in [0.15, 0.2) is 5.66 Å². The van der Waals surface area contributed by atoms with Crippen molar-refractivity contribution in [3.8, 4) is 0 Å². The van der Waals surface area contributed by atoms with Crippen LogP contribution in [0.4, 0.5) is 17.1 Å². The fourth-order valence-electron chi connectivity index (χ4n) is 5.12. The first-order valence-corrected chi connectivity index (χ1v) is 13.1. The predicted octanol–water partition coefficient (Wildman–Crippen LogP) is 5.95.